The first kappa shape index (κ1) is 24.0. The summed E-state index contributed by atoms with van der Waals surface area (Å²) in [5.74, 6) is -0.349. The molecule has 0 saturated carbocycles. The number of amides is 2. The molecule has 9 nitrogen and oxygen atoms in total. The van der Waals surface area contributed by atoms with Gasteiger partial charge in [-0.2, -0.15) is 0 Å². The zero-order valence-electron chi connectivity index (χ0n) is 19.1. The molecule has 2 amide bonds. The maximum absolute atomic E-state index is 13.2. The van der Waals surface area contributed by atoms with Crippen molar-refractivity contribution in [2.45, 2.75) is 36.7 Å². The van der Waals surface area contributed by atoms with Gasteiger partial charge < -0.3 is 19.7 Å². The van der Waals surface area contributed by atoms with Gasteiger partial charge in [-0.25, -0.2) is 8.42 Å². The second-order valence-electron chi connectivity index (χ2n) is 8.36. The van der Waals surface area contributed by atoms with Gasteiger partial charge in [0.25, 0.3) is 21.8 Å². The van der Waals surface area contributed by atoms with Gasteiger partial charge in [0, 0.05) is 26.2 Å². The maximum atomic E-state index is 13.2. The highest BCUT2D eigenvalue weighted by Crippen LogP contribution is 2.27. The first-order valence-electron chi connectivity index (χ1n) is 11.4. The molecule has 2 heterocycles. The van der Waals surface area contributed by atoms with Gasteiger partial charge in [-0.3, -0.25) is 14.3 Å². The van der Waals surface area contributed by atoms with E-state index in [4.69, 9.17) is 9.47 Å². The Balaban J connectivity index is 1.55. The lowest BCUT2D eigenvalue weighted by Gasteiger charge is -2.18. The second-order valence-corrected chi connectivity index (χ2v) is 10.0. The predicted molar refractivity (Wildman–Crippen MR) is 127 cm³/mol. The van der Waals surface area contributed by atoms with E-state index >= 15 is 0 Å². The number of carbonyl (C=O) groups excluding carboxylic acids is 2. The molecule has 0 radical (unpaired) electrons. The van der Waals surface area contributed by atoms with Crippen LogP contribution in [0.15, 0.2) is 47.4 Å². The molecule has 0 aliphatic carbocycles. The van der Waals surface area contributed by atoms with Crippen LogP contribution in [0.4, 0.5) is 5.69 Å². The van der Waals surface area contributed by atoms with Crippen molar-refractivity contribution in [3.05, 3.63) is 53.6 Å². The van der Waals surface area contributed by atoms with Crippen LogP contribution in [0.2, 0.25) is 0 Å². The minimum atomic E-state index is -4.09. The first-order chi connectivity index (χ1) is 16.4. The van der Waals surface area contributed by atoms with Gasteiger partial charge >= 0.3 is 0 Å². The molecular formula is C24H29N3O6S. The third-order valence-corrected chi connectivity index (χ3v) is 7.40. The fourth-order valence-electron chi connectivity index (χ4n) is 4.19. The standard InChI is InChI=1S/C24H29N3O6S/c1-32-22-11-10-18(15-20(22)24(29)27-12-4-5-13-27)34(30,31)26-21-9-3-2-8-19(21)23(28)25-16-17-7-6-14-33-17/h2-3,8-11,15,17,26H,4-7,12-14,16H2,1H3,(H,25,28)/t17-/m0/s1. The topological polar surface area (TPSA) is 114 Å². The fourth-order valence-corrected chi connectivity index (χ4v) is 5.30. The van der Waals surface area contributed by atoms with Crippen LogP contribution in [0.3, 0.4) is 0 Å². The zero-order chi connectivity index (χ0) is 24.1. The average molecular weight is 488 g/mol. The van der Waals surface area contributed by atoms with Crippen molar-refractivity contribution in [1.29, 1.82) is 0 Å². The number of anilines is 1. The smallest absolute Gasteiger partial charge is 0.261 e. The molecule has 2 aliphatic rings. The van der Waals surface area contributed by atoms with Crippen LogP contribution in [0.1, 0.15) is 46.4 Å². The number of nitrogens with one attached hydrogen (secondary N) is 2. The number of likely N-dealkylation sites (tertiary alicyclic amines) is 1. The summed E-state index contributed by atoms with van der Waals surface area (Å²) in [5, 5.41) is 2.81. The summed E-state index contributed by atoms with van der Waals surface area (Å²) in [4.78, 5) is 27.3. The fraction of sp³-hybridized carbons (Fsp3) is 0.417. The molecule has 2 fully saturated rings. The Morgan fingerprint density at radius 2 is 1.85 bits per heavy atom. The van der Waals surface area contributed by atoms with Crippen molar-refractivity contribution in [3.8, 4) is 5.75 Å². The number of nitrogens with zero attached hydrogens (tertiary/aromatic N) is 1. The van der Waals surface area contributed by atoms with E-state index < -0.39 is 15.9 Å². The number of rotatable bonds is 8. The lowest BCUT2D eigenvalue weighted by Crippen LogP contribution is -2.32. The van der Waals surface area contributed by atoms with E-state index in [0.29, 0.717) is 32.0 Å². The molecule has 10 heteroatoms. The number of ether oxygens (including phenoxy) is 2. The number of benzene rings is 2. The van der Waals surface area contributed by atoms with Crippen LogP contribution in [0.25, 0.3) is 0 Å². The lowest BCUT2D eigenvalue weighted by molar-refractivity contribution is 0.0788. The Morgan fingerprint density at radius 3 is 2.56 bits per heavy atom. The zero-order valence-corrected chi connectivity index (χ0v) is 19.9. The average Bonchev–Trinajstić information content (AvgIpc) is 3.56. The van der Waals surface area contributed by atoms with Crippen LogP contribution in [0.5, 0.6) is 5.75 Å². The minimum Gasteiger partial charge on any atom is -0.496 e. The van der Waals surface area contributed by atoms with Gasteiger partial charge in [-0.15, -0.1) is 0 Å². The third-order valence-electron chi connectivity index (χ3n) is 6.04. The van der Waals surface area contributed by atoms with E-state index in [0.717, 1.165) is 25.7 Å². The Morgan fingerprint density at radius 1 is 1.09 bits per heavy atom. The number of para-hydroxylation sites is 1. The maximum Gasteiger partial charge on any atom is 0.261 e. The number of sulfonamides is 1. The normalized spacial score (nSPS) is 18.0. The largest absolute Gasteiger partial charge is 0.496 e. The van der Waals surface area contributed by atoms with Crippen LogP contribution in [0, 0.1) is 0 Å². The van der Waals surface area contributed by atoms with E-state index in [2.05, 4.69) is 10.0 Å². The van der Waals surface area contributed by atoms with Gasteiger partial charge in [0.1, 0.15) is 5.75 Å². The monoisotopic (exact) mass is 487 g/mol. The van der Waals surface area contributed by atoms with E-state index in [1.807, 2.05) is 0 Å². The molecule has 2 aromatic carbocycles. The van der Waals surface area contributed by atoms with Crippen molar-refractivity contribution in [3.63, 3.8) is 0 Å². The van der Waals surface area contributed by atoms with Gasteiger partial charge in [0.15, 0.2) is 0 Å². The number of hydrogen-bond donors (Lipinski definition) is 2. The summed E-state index contributed by atoms with van der Waals surface area (Å²) in [7, 11) is -2.65. The number of methoxy groups -OCH3 is 1. The second kappa shape index (κ2) is 10.4. The summed E-state index contributed by atoms with van der Waals surface area (Å²) in [6.45, 7) is 2.30. The van der Waals surface area contributed by atoms with Crippen LogP contribution < -0.4 is 14.8 Å². The van der Waals surface area contributed by atoms with Gasteiger partial charge in [-0.05, 0) is 56.0 Å². The van der Waals surface area contributed by atoms with Crippen LogP contribution in [-0.2, 0) is 14.8 Å². The van der Waals surface area contributed by atoms with Crippen molar-refractivity contribution in [2.24, 2.45) is 0 Å². The van der Waals surface area contributed by atoms with Gasteiger partial charge in [0.05, 0.1) is 34.9 Å². The lowest BCUT2D eigenvalue weighted by atomic mass is 10.1. The Hall–Kier alpha value is -3.11. The van der Waals surface area contributed by atoms with Crippen LogP contribution >= 0.6 is 0 Å². The third kappa shape index (κ3) is 5.34. The molecule has 2 aliphatic heterocycles. The predicted octanol–water partition coefficient (Wildman–Crippen LogP) is 2.64. The van der Waals surface area contributed by atoms with Crippen molar-refractivity contribution < 1.29 is 27.5 Å². The van der Waals surface area contributed by atoms with E-state index in [-0.39, 0.29) is 33.7 Å². The molecule has 34 heavy (non-hydrogen) atoms. The summed E-state index contributed by atoms with van der Waals surface area (Å²) in [6.07, 6.45) is 3.64. The molecule has 1 atom stereocenters. The number of carbonyl (C=O) groups is 2. The molecule has 182 valence electrons. The summed E-state index contributed by atoms with van der Waals surface area (Å²) in [6, 6.07) is 10.6. The van der Waals surface area contributed by atoms with Gasteiger partial charge in [0.2, 0.25) is 0 Å². The molecule has 2 aromatic rings. The quantitative estimate of drug-likeness (QED) is 0.592. The molecule has 2 saturated heterocycles. The SMILES string of the molecule is COc1ccc(S(=O)(=O)Nc2ccccc2C(=O)NC[C@@H]2CCCO2)cc1C(=O)N1CCCC1. The number of hydrogen-bond acceptors (Lipinski definition) is 6. The summed E-state index contributed by atoms with van der Waals surface area (Å²) >= 11 is 0. The molecule has 0 aromatic heterocycles. The highest BCUT2D eigenvalue weighted by Gasteiger charge is 2.26. The molecular weight excluding hydrogens is 458 g/mol. The Bertz CT molecular complexity index is 1160. The van der Waals surface area contributed by atoms with E-state index in [1.165, 1.54) is 31.4 Å². The molecule has 0 spiro atoms. The molecule has 4 rings (SSSR count). The first-order valence-corrected chi connectivity index (χ1v) is 12.9. The summed E-state index contributed by atoms with van der Waals surface area (Å²) in [5.41, 5.74) is 0.538. The van der Waals surface area contributed by atoms with Gasteiger partial charge in [-0.1, -0.05) is 12.1 Å². The van der Waals surface area contributed by atoms with E-state index in [9.17, 15) is 18.0 Å². The highest BCUT2D eigenvalue weighted by molar-refractivity contribution is 7.92. The molecule has 2 N–H and O–H groups in total. The Kier molecular flexibility index (Phi) is 7.38. The molecule has 0 bridgehead atoms. The minimum absolute atomic E-state index is 0.0290. The van der Waals surface area contributed by atoms with E-state index in [1.54, 1.807) is 23.1 Å². The van der Waals surface area contributed by atoms with Crippen molar-refractivity contribution in [2.75, 3.05) is 38.1 Å². The van der Waals surface area contributed by atoms with Crippen molar-refractivity contribution >= 4 is 27.5 Å². The van der Waals surface area contributed by atoms with Crippen LogP contribution in [-0.4, -0.2) is 64.6 Å². The molecule has 0 unspecified atom stereocenters. The highest BCUT2D eigenvalue weighted by atomic mass is 32.2. The summed E-state index contributed by atoms with van der Waals surface area (Å²) < 4.78 is 39.8. The van der Waals surface area contributed by atoms with Crippen molar-refractivity contribution in [1.82, 2.24) is 10.2 Å². The Labute approximate surface area is 199 Å².